The lowest BCUT2D eigenvalue weighted by atomic mass is 9.82. The molecule has 0 saturated heterocycles. The van der Waals surface area contributed by atoms with Crippen molar-refractivity contribution in [2.24, 2.45) is 14.9 Å². The Hall–Kier alpha value is -2.06. The Morgan fingerprint density at radius 3 is 2.43 bits per heavy atom. The molecule has 1 heterocycles. The van der Waals surface area contributed by atoms with Gasteiger partial charge in [-0.15, -0.1) is 0 Å². The van der Waals surface area contributed by atoms with Gasteiger partial charge in [0.25, 0.3) is 11.8 Å². The van der Waals surface area contributed by atoms with Crippen LogP contribution in [0, 0.1) is 5.41 Å². The largest absolute Gasteiger partial charge is 0.395 e. The van der Waals surface area contributed by atoms with Crippen LogP contribution in [0.1, 0.15) is 19.4 Å². The molecule has 8 heteroatoms. The molecule has 2 amide bonds. The quantitative estimate of drug-likeness (QED) is 0.884. The minimum absolute atomic E-state index is 0.287. The Kier molecular flexibility index (Phi) is 4.41. The predicted octanol–water partition coefficient (Wildman–Crippen LogP) is 0.865. The molecule has 0 spiro atoms. The summed E-state index contributed by atoms with van der Waals surface area (Å²) in [5, 5.41) is 15.0. The van der Waals surface area contributed by atoms with Gasteiger partial charge >= 0.3 is 0 Å². The van der Waals surface area contributed by atoms with E-state index in [0.29, 0.717) is 16.2 Å². The molecule has 1 aliphatic heterocycles. The molecule has 1 aromatic rings. The maximum absolute atomic E-state index is 12.4. The van der Waals surface area contributed by atoms with Crippen molar-refractivity contribution in [1.82, 2.24) is 5.01 Å². The molecule has 23 heavy (non-hydrogen) atoms. The van der Waals surface area contributed by atoms with E-state index in [1.807, 2.05) is 0 Å². The fraction of sp³-hybridized carbons (Fsp3) is 0.400. The summed E-state index contributed by atoms with van der Waals surface area (Å²) in [5.41, 5.74) is -0.0145. The van der Waals surface area contributed by atoms with Crippen molar-refractivity contribution in [3.8, 4) is 0 Å². The molecular formula is C15H19N3O4S. The first-order chi connectivity index (χ1) is 10.6. The third kappa shape index (κ3) is 3.04. The number of carbonyl (C=O) groups is 2. The van der Waals surface area contributed by atoms with Gasteiger partial charge in [0.15, 0.2) is 0 Å². The molecular weight excluding hydrogens is 318 g/mol. The van der Waals surface area contributed by atoms with Crippen molar-refractivity contribution in [3.05, 3.63) is 29.8 Å². The number of aliphatic hydroxyl groups is 1. The maximum atomic E-state index is 12.4. The van der Waals surface area contributed by atoms with Gasteiger partial charge in [0.1, 0.15) is 5.41 Å². The average molecular weight is 337 g/mol. The lowest BCUT2D eigenvalue weighted by Crippen LogP contribution is -2.39. The summed E-state index contributed by atoms with van der Waals surface area (Å²) >= 11 is 0. The number of aliphatic hydroxyl groups excluding tert-OH is 1. The molecule has 0 bridgehead atoms. The van der Waals surface area contributed by atoms with E-state index in [1.165, 1.54) is 25.2 Å². The summed E-state index contributed by atoms with van der Waals surface area (Å²) in [7, 11) is -1.27. The third-order valence-corrected chi connectivity index (χ3v) is 5.48. The van der Waals surface area contributed by atoms with Gasteiger partial charge in [0.05, 0.1) is 22.0 Å². The molecule has 1 N–H and O–H groups in total. The Morgan fingerprint density at radius 1 is 1.39 bits per heavy atom. The highest BCUT2D eigenvalue weighted by molar-refractivity contribution is 7.93. The van der Waals surface area contributed by atoms with Crippen LogP contribution in [-0.4, -0.2) is 51.8 Å². The molecule has 7 nitrogen and oxygen atoms in total. The molecule has 0 radical (unpaired) electrons. The second-order valence-corrected chi connectivity index (χ2v) is 7.96. The van der Waals surface area contributed by atoms with Crippen molar-refractivity contribution in [1.29, 1.82) is 0 Å². The van der Waals surface area contributed by atoms with Gasteiger partial charge in [0, 0.05) is 25.1 Å². The molecule has 0 saturated carbocycles. The van der Waals surface area contributed by atoms with Gasteiger partial charge in [0.2, 0.25) is 0 Å². The summed E-state index contributed by atoms with van der Waals surface area (Å²) in [6, 6.07) is 6.50. The van der Waals surface area contributed by atoms with E-state index in [-0.39, 0.29) is 12.5 Å². The number of hydrazone groups is 1. The summed E-state index contributed by atoms with van der Waals surface area (Å²) in [6.45, 7) is 2.51. The fourth-order valence-electron chi connectivity index (χ4n) is 2.45. The zero-order valence-electron chi connectivity index (χ0n) is 13.4. The van der Waals surface area contributed by atoms with Crippen LogP contribution >= 0.6 is 0 Å². The number of benzene rings is 1. The highest BCUT2D eigenvalue weighted by Gasteiger charge is 2.46. The highest BCUT2D eigenvalue weighted by Crippen LogP contribution is 2.31. The van der Waals surface area contributed by atoms with Crippen LogP contribution in [0.2, 0.25) is 0 Å². The predicted molar refractivity (Wildman–Crippen MR) is 86.4 cm³/mol. The Bertz CT molecular complexity index is 807. The summed E-state index contributed by atoms with van der Waals surface area (Å²) in [5.74, 6) is -0.785. The second kappa shape index (κ2) is 5.86. The minimum atomic E-state index is -2.80. The van der Waals surface area contributed by atoms with Crippen molar-refractivity contribution in [3.63, 3.8) is 0 Å². The third-order valence-electron chi connectivity index (χ3n) is 3.72. The lowest BCUT2D eigenvalue weighted by molar-refractivity contribution is -0.135. The van der Waals surface area contributed by atoms with Crippen LogP contribution in [0.25, 0.3) is 0 Å². The molecule has 0 aliphatic carbocycles. The van der Waals surface area contributed by atoms with E-state index in [9.17, 15) is 18.9 Å². The van der Waals surface area contributed by atoms with Crippen LogP contribution in [0.15, 0.2) is 38.6 Å². The summed E-state index contributed by atoms with van der Waals surface area (Å²) in [4.78, 5) is 23.6. The summed E-state index contributed by atoms with van der Waals surface area (Å²) in [6.07, 6.45) is 1.39. The Balaban J connectivity index is 2.45. The topological polar surface area (TPSA) is 99.4 Å². The molecule has 0 aromatic heterocycles. The monoisotopic (exact) mass is 337 g/mol. The number of carbonyl (C=O) groups excluding carboxylic acids is 2. The molecule has 2 unspecified atom stereocenters. The number of hydrogen-bond acceptors (Lipinski definition) is 5. The first-order valence-corrected chi connectivity index (χ1v) is 8.85. The van der Waals surface area contributed by atoms with Gasteiger partial charge in [-0.3, -0.25) is 9.59 Å². The first-order valence-electron chi connectivity index (χ1n) is 6.93. The van der Waals surface area contributed by atoms with Gasteiger partial charge in [-0.1, -0.05) is 12.1 Å². The van der Waals surface area contributed by atoms with Crippen LogP contribution in [-0.2, 0) is 19.3 Å². The number of rotatable bonds is 3. The zero-order chi connectivity index (χ0) is 17.4. The average Bonchev–Trinajstić information content (AvgIpc) is 2.71. The van der Waals surface area contributed by atoms with E-state index in [2.05, 4.69) is 9.46 Å². The minimum Gasteiger partial charge on any atom is -0.395 e. The molecule has 1 aromatic carbocycles. The summed E-state index contributed by atoms with van der Waals surface area (Å²) < 4.78 is 16.0. The van der Waals surface area contributed by atoms with E-state index in [4.69, 9.17) is 0 Å². The Morgan fingerprint density at radius 2 is 1.96 bits per heavy atom. The van der Waals surface area contributed by atoms with Gasteiger partial charge in [-0.25, -0.2) is 9.22 Å². The number of amides is 2. The van der Waals surface area contributed by atoms with Crippen LogP contribution in [0.3, 0.4) is 0 Å². The maximum Gasteiger partial charge on any atom is 0.256 e. The first kappa shape index (κ1) is 17.3. The van der Waals surface area contributed by atoms with Crippen molar-refractivity contribution in [2.45, 2.75) is 18.7 Å². The normalized spacial score (nSPS) is 23.4. The Labute approximate surface area is 135 Å². The van der Waals surface area contributed by atoms with Crippen LogP contribution < -0.4 is 0 Å². The standard InChI is InChI=1S/C15H19N3O4S/c1-10(20)17-23(4,22)12-7-5-11(6-8-12)13-15(2,9-19)14(21)18(3)16-13/h5-8,19H,9H2,1-4H3. The number of hydrogen-bond donors (Lipinski definition) is 1. The molecule has 124 valence electrons. The zero-order valence-corrected chi connectivity index (χ0v) is 14.3. The van der Waals surface area contributed by atoms with Crippen LogP contribution in [0.4, 0.5) is 0 Å². The van der Waals surface area contributed by atoms with Crippen LogP contribution in [0.5, 0.6) is 0 Å². The van der Waals surface area contributed by atoms with Gasteiger partial charge in [-0.2, -0.15) is 9.46 Å². The second-order valence-electron chi connectivity index (χ2n) is 5.70. The number of nitrogens with zero attached hydrogens (tertiary/aromatic N) is 3. The van der Waals surface area contributed by atoms with E-state index >= 15 is 0 Å². The smallest absolute Gasteiger partial charge is 0.256 e. The molecule has 2 rings (SSSR count). The SMILES string of the molecule is CC(=O)N=S(C)(=O)c1ccc(C2=NN(C)C(=O)C2(C)CO)cc1. The molecule has 2 atom stereocenters. The van der Waals surface area contributed by atoms with Crippen molar-refractivity contribution >= 4 is 27.3 Å². The van der Waals surface area contributed by atoms with E-state index in [0.717, 1.165) is 0 Å². The van der Waals surface area contributed by atoms with Gasteiger partial charge < -0.3 is 5.11 Å². The highest BCUT2D eigenvalue weighted by atomic mass is 32.2. The molecule has 1 aliphatic rings. The van der Waals surface area contributed by atoms with Crippen molar-refractivity contribution in [2.75, 3.05) is 19.9 Å². The fourth-order valence-corrected chi connectivity index (χ4v) is 3.68. The van der Waals surface area contributed by atoms with E-state index in [1.54, 1.807) is 31.2 Å². The molecule has 0 fully saturated rings. The van der Waals surface area contributed by atoms with E-state index < -0.39 is 21.1 Å². The lowest BCUT2D eigenvalue weighted by Gasteiger charge is -2.21. The van der Waals surface area contributed by atoms with Crippen molar-refractivity contribution < 1.29 is 18.9 Å². The van der Waals surface area contributed by atoms with Gasteiger partial charge in [-0.05, 0) is 24.6 Å².